The van der Waals surface area contributed by atoms with Crippen molar-refractivity contribution in [3.05, 3.63) is 65.4 Å². The predicted octanol–water partition coefficient (Wildman–Crippen LogP) is 3.52. The zero-order valence-corrected chi connectivity index (χ0v) is 13.8. The van der Waals surface area contributed by atoms with E-state index in [9.17, 15) is 18.4 Å². The van der Waals surface area contributed by atoms with Crippen molar-refractivity contribution in [3.8, 4) is 22.8 Å². The van der Waals surface area contributed by atoms with Gasteiger partial charge < -0.3 is 10.2 Å². The third-order valence-corrected chi connectivity index (χ3v) is 3.71. The van der Waals surface area contributed by atoms with Crippen molar-refractivity contribution < 1.29 is 22.8 Å². The Balaban J connectivity index is 2.09. The highest BCUT2D eigenvalue weighted by molar-refractivity contribution is 5.97. The fourth-order valence-corrected chi connectivity index (χ4v) is 2.55. The third kappa shape index (κ3) is 3.37. The first-order chi connectivity index (χ1) is 12.4. The molecule has 0 atom stereocenters. The maximum atomic E-state index is 14.0. The minimum atomic E-state index is -0.889. The molecule has 1 amide bonds. The minimum absolute atomic E-state index is 0.00419. The van der Waals surface area contributed by atoms with E-state index in [1.54, 1.807) is 24.3 Å². The Morgan fingerprint density at radius 3 is 2.23 bits per heavy atom. The standard InChI is InChI=1S/C19H14F2N2O3/c1-10(24)9-11-5-7-12(8-6-11)17-16(18(22)25)23-19(26-17)15-13(20)3-2-4-14(15)21/h2-8H,9H2,1H3,(H2,22,25). The summed E-state index contributed by atoms with van der Waals surface area (Å²) in [7, 11) is 0. The molecule has 0 radical (unpaired) electrons. The lowest BCUT2D eigenvalue weighted by Gasteiger charge is -2.02. The number of oxazole rings is 1. The van der Waals surface area contributed by atoms with E-state index in [1.165, 1.54) is 13.0 Å². The number of amides is 1. The normalized spacial score (nSPS) is 10.7. The van der Waals surface area contributed by atoms with Gasteiger partial charge in [-0.25, -0.2) is 13.8 Å². The van der Waals surface area contributed by atoms with E-state index in [-0.39, 0.29) is 29.5 Å². The Morgan fingerprint density at radius 1 is 1.08 bits per heavy atom. The van der Waals surface area contributed by atoms with E-state index >= 15 is 0 Å². The van der Waals surface area contributed by atoms with Gasteiger partial charge in [0.2, 0.25) is 5.89 Å². The summed E-state index contributed by atoms with van der Waals surface area (Å²) < 4.78 is 33.4. The van der Waals surface area contributed by atoms with Crippen LogP contribution in [-0.2, 0) is 11.2 Å². The van der Waals surface area contributed by atoms with E-state index in [0.717, 1.165) is 17.7 Å². The molecule has 0 unspecified atom stereocenters. The molecule has 5 nitrogen and oxygen atoms in total. The number of benzene rings is 2. The second kappa shape index (κ2) is 6.87. The summed E-state index contributed by atoms with van der Waals surface area (Å²) in [5.74, 6) is -3.00. The van der Waals surface area contributed by atoms with Gasteiger partial charge in [0.25, 0.3) is 5.91 Å². The van der Waals surface area contributed by atoms with Crippen molar-refractivity contribution in [2.24, 2.45) is 5.73 Å². The smallest absolute Gasteiger partial charge is 0.271 e. The van der Waals surface area contributed by atoms with Crippen LogP contribution in [0, 0.1) is 11.6 Å². The molecule has 0 fully saturated rings. The van der Waals surface area contributed by atoms with Gasteiger partial charge in [-0.05, 0) is 24.6 Å². The first kappa shape index (κ1) is 17.5. The molecule has 3 rings (SSSR count). The van der Waals surface area contributed by atoms with E-state index in [2.05, 4.69) is 4.98 Å². The predicted molar refractivity (Wildman–Crippen MR) is 90.2 cm³/mol. The van der Waals surface area contributed by atoms with Gasteiger partial charge in [-0.2, -0.15) is 0 Å². The van der Waals surface area contributed by atoms with Gasteiger partial charge in [0, 0.05) is 12.0 Å². The lowest BCUT2D eigenvalue weighted by atomic mass is 10.1. The molecule has 2 aromatic carbocycles. The van der Waals surface area contributed by atoms with Crippen molar-refractivity contribution in [2.75, 3.05) is 0 Å². The number of hydrogen-bond donors (Lipinski definition) is 1. The molecule has 132 valence electrons. The average Bonchev–Trinajstić information content (AvgIpc) is 3.00. The van der Waals surface area contributed by atoms with Crippen molar-refractivity contribution in [1.82, 2.24) is 4.98 Å². The fourth-order valence-electron chi connectivity index (χ4n) is 2.55. The third-order valence-electron chi connectivity index (χ3n) is 3.71. The zero-order valence-electron chi connectivity index (χ0n) is 13.8. The van der Waals surface area contributed by atoms with Crippen molar-refractivity contribution in [2.45, 2.75) is 13.3 Å². The van der Waals surface area contributed by atoms with Crippen LogP contribution in [0.2, 0.25) is 0 Å². The number of Topliss-reactive ketones (excluding diaryl/α,β-unsaturated/α-hetero) is 1. The van der Waals surface area contributed by atoms with E-state index in [4.69, 9.17) is 10.2 Å². The Hall–Kier alpha value is -3.35. The van der Waals surface area contributed by atoms with Crippen LogP contribution in [0.15, 0.2) is 46.9 Å². The van der Waals surface area contributed by atoms with Gasteiger partial charge in [0.05, 0.1) is 0 Å². The van der Waals surface area contributed by atoms with Crippen LogP contribution in [-0.4, -0.2) is 16.7 Å². The molecule has 0 saturated heterocycles. The highest BCUT2D eigenvalue weighted by atomic mass is 19.1. The van der Waals surface area contributed by atoms with Crippen LogP contribution in [0.4, 0.5) is 8.78 Å². The quantitative estimate of drug-likeness (QED) is 0.758. The largest absolute Gasteiger partial charge is 0.435 e. The molecular formula is C19H14F2N2O3. The molecule has 7 heteroatoms. The summed E-state index contributed by atoms with van der Waals surface area (Å²) in [6.45, 7) is 1.48. The average molecular weight is 356 g/mol. The number of nitrogens with two attached hydrogens (primary N) is 1. The Morgan fingerprint density at radius 2 is 1.69 bits per heavy atom. The number of hydrogen-bond acceptors (Lipinski definition) is 4. The van der Waals surface area contributed by atoms with E-state index < -0.39 is 23.1 Å². The summed E-state index contributed by atoms with van der Waals surface area (Å²) in [5.41, 5.74) is 5.84. The molecule has 3 aromatic rings. The zero-order chi connectivity index (χ0) is 18.8. The molecule has 1 aromatic heterocycles. The van der Waals surface area contributed by atoms with Crippen molar-refractivity contribution >= 4 is 11.7 Å². The maximum absolute atomic E-state index is 14.0. The molecule has 1 heterocycles. The number of rotatable bonds is 5. The van der Waals surface area contributed by atoms with Gasteiger partial charge in [-0.1, -0.05) is 30.3 Å². The first-order valence-electron chi connectivity index (χ1n) is 7.70. The SMILES string of the molecule is CC(=O)Cc1ccc(-c2oc(-c3c(F)cccc3F)nc2C(N)=O)cc1. The molecule has 0 aliphatic heterocycles. The van der Waals surface area contributed by atoms with Crippen molar-refractivity contribution in [1.29, 1.82) is 0 Å². The fraction of sp³-hybridized carbons (Fsp3) is 0.105. The summed E-state index contributed by atoms with van der Waals surface area (Å²) in [5, 5.41) is 0. The van der Waals surface area contributed by atoms with Crippen LogP contribution in [0.25, 0.3) is 22.8 Å². The topological polar surface area (TPSA) is 86.2 Å². The lowest BCUT2D eigenvalue weighted by Crippen LogP contribution is -2.12. The highest BCUT2D eigenvalue weighted by Gasteiger charge is 2.24. The highest BCUT2D eigenvalue weighted by Crippen LogP contribution is 2.32. The van der Waals surface area contributed by atoms with Crippen LogP contribution < -0.4 is 5.73 Å². The molecule has 0 saturated carbocycles. The first-order valence-corrected chi connectivity index (χ1v) is 7.70. The summed E-state index contributed by atoms with van der Waals surface area (Å²) >= 11 is 0. The molecular weight excluding hydrogens is 342 g/mol. The lowest BCUT2D eigenvalue weighted by molar-refractivity contribution is -0.116. The second-order valence-corrected chi connectivity index (χ2v) is 5.73. The second-order valence-electron chi connectivity index (χ2n) is 5.73. The Labute approximate surface area is 147 Å². The number of carbonyl (C=O) groups excluding carboxylic acids is 2. The molecule has 26 heavy (non-hydrogen) atoms. The van der Waals surface area contributed by atoms with Gasteiger partial charge >= 0.3 is 0 Å². The maximum Gasteiger partial charge on any atom is 0.271 e. The molecule has 0 spiro atoms. The number of aromatic nitrogens is 1. The number of ketones is 1. The summed E-state index contributed by atoms with van der Waals surface area (Å²) in [6.07, 6.45) is 0.269. The van der Waals surface area contributed by atoms with Gasteiger partial charge in [-0.3, -0.25) is 9.59 Å². The monoisotopic (exact) mass is 356 g/mol. The number of primary amides is 1. The number of halogens is 2. The van der Waals surface area contributed by atoms with Gasteiger partial charge in [0.15, 0.2) is 11.5 Å². The summed E-state index contributed by atoms with van der Waals surface area (Å²) in [4.78, 5) is 26.7. The van der Waals surface area contributed by atoms with E-state index in [0.29, 0.717) is 5.56 Å². The van der Waals surface area contributed by atoms with Crippen molar-refractivity contribution in [3.63, 3.8) is 0 Å². The Kier molecular flexibility index (Phi) is 4.62. The molecule has 0 aliphatic rings. The van der Waals surface area contributed by atoms with Crippen LogP contribution >= 0.6 is 0 Å². The van der Waals surface area contributed by atoms with Gasteiger partial charge in [0.1, 0.15) is 23.0 Å². The van der Waals surface area contributed by atoms with Crippen LogP contribution in [0.5, 0.6) is 0 Å². The minimum Gasteiger partial charge on any atom is -0.435 e. The van der Waals surface area contributed by atoms with E-state index in [1.807, 2.05) is 0 Å². The van der Waals surface area contributed by atoms with Crippen LogP contribution in [0.3, 0.4) is 0 Å². The van der Waals surface area contributed by atoms with Crippen LogP contribution in [0.1, 0.15) is 23.0 Å². The summed E-state index contributed by atoms with van der Waals surface area (Å²) in [6, 6.07) is 9.94. The Bertz CT molecular complexity index is 974. The molecule has 0 aliphatic carbocycles. The molecule has 2 N–H and O–H groups in total. The van der Waals surface area contributed by atoms with Gasteiger partial charge in [-0.15, -0.1) is 0 Å². The molecule has 0 bridgehead atoms. The number of carbonyl (C=O) groups is 2. The number of nitrogens with zero attached hydrogens (tertiary/aromatic N) is 1.